The van der Waals surface area contributed by atoms with Crippen molar-refractivity contribution in [2.75, 3.05) is 47.9 Å². The summed E-state index contributed by atoms with van der Waals surface area (Å²) in [6.07, 6.45) is 2.41. The molecule has 1 N–H and O–H groups in total. The van der Waals surface area contributed by atoms with Crippen LogP contribution in [0.25, 0.3) is 0 Å². The van der Waals surface area contributed by atoms with Crippen LogP contribution in [0, 0.1) is 5.92 Å². The highest BCUT2D eigenvalue weighted by atomic mass is 127. The molecule has 176 valence electrons. The van der Waals surface area contributed by atoms with Gasteiger partial charge < -0.3 is 19.7 Å². The molecule has 0 amide bonds. The van der Waals surface area contributed by atoms with E-state index in [0.29, 0.717) is 5.92 Å². The van der Waals surface area contributed by atoms with E-state index in [1.54, 1.807) is 14.2 Å². The molecule has 2 aromatic rings. The number of methoxy groups -OCH3 is 2. The Balaban J connectivity index is 0.00000363. The minimum absolute atomic E-state index is 0. The summed E-state index contributed by atoms with van der Waals surface area (Å²) < 4.78 is 10.7. The maximum absolute atomic E-state index is 5.48. The van der Waals surface area contributed by atoms with E-state index in [0.717, 1.165) is 55.7 Å². The fourth-order valence-corrected chi connectivity index (χ4v) is 4.12. The number of hydrogen-bond acceptors (Lipinski definition) is 4. The second kappa shape index (κ2) is 13.5. The van der Waals surface area contributed by atoms with Gasteiger partial charge in [0.15, 0.2) is 5.96 Å². The summed E-state index contributed by atoms with van der Waals surface area (Å²) in [5, 5.41) is 3.58. The van der Waals surface area contributed by atoms with Gasteiger partial charge in [-0.15, -0.1) is 24.0 Å². The summed E-state index contributed by atoms with van der Waals surface area (Å²) in [5.74, 6) is 3.42. The van der Waals surface area contributed by atoms with E-state index < -0.39 is 0 Å². The third kappa shape index (κ3) is 7.55. The van der Waals surface area contributed by atoms with Crippen molar-refractivity contribution in [3.05, 3.63) is 59.7 Å². The Morgan fingerprint density at radius 1 is 1.06 bits per heavy atom. The number of benzene rings is 2. The van der Waals surface area contributed by atoms with Gasteiger partial charge in [-0.1, -0.05) is 30.3 Å². The van der Waals surface area contributed by atoms with Gasteiger partial charge in [0.2, 0.25) is 0 Å². The third-order valence-corrected chi connectivity index (χ3v) is 5.99. The van der Waals surface area contributed by atoms with Crippen molar-refractivity contribution in [3.63, 3.8) is 0 Å². The van der Waals surface area contributed by atoms with E-state index in [1.807, 2.05) is 37.4 Å². The van der Waals surface area contributed by atoms with Crippen LogP contribution < -0.4 is 14.8 Å². The molecule has 0 aliphatic carbocycles. The first-order chi connectivity index (χ1) is 15.1. The molecule has 1 aliphatic heterocycles. The van der Waals surface area contributed by atoms with Crippen molar-refractivity contribution in [2.45, 2.75) is 25.9 Å². The topological polar surface area (TPSA) is 49.3 Å². The van der Waals surface area contributed by atoms with Crippen molar-refractivity contribution >= 4 is 29.9 Å². The summed E-state index contributed by atoms with van der Waals surface area (Å²) in [6.45, 7) is 4.98. The van der Waals surface area contributed by atoms with E-state index in [2.05, 4.69) is 45.4 Å². The lowest BCUT2D eigenvalue weighted by Crippen LogP contribution is -2.43. The van der Waals surface area contributed by atoms with Crippen molar-refractivity contribution in [1.29, 1.82) is 0 Å². The fourth-order valence-electron chi connectivity index (χ4n) is 4.12. The van der Waals surface area contributed by atoms with E-state index in [1.165, 1.54) is 18.4 Å². The quantitative estimate of drug-likeness (QED) is 0.302. The number of likely N-dealkylation sites (tertiary alicyclic amines) is 1. The summed E-state index contributed by atoms with van der Waals surface area (Å²) in [7, 11) is 7.34. The molecule has 0 bridgehead atoms. The molecule has 32 heavy (non-hydrogen) atoms. The lowest BCUT2D eigenvalue weighted by molar-refractivity contribution is 0.177. The second-order valence-corrected chi connectivity index (χ2v) is 8.16. The molecule has 6 nitrogen and oxygen atoms in total. The highest BCUT2D eigenvalue weighted by Crippen LogP contribution is 2.21. The molecule has 0 unspecified atom stereocenters. The predicted octanol–water partition coefficient (Wildman–Crippen LogP) is 4.24. The van der Waals surface area contributed by atoms with Crippen molar-refractivity contribution in [3.8, 4) is 11.5 Å². The smallest absolute Gasteiger partial charge is 0.193 e. The number of para-hydroxylation sites is 1. The van der Waals surface area contributed by atoms with Crippen molar-refractivity contribution in [2.24, 2.45) is 10.9 Å². The minimum Gasteiger partial charge on any atom is -0.497 e. The van der Waals surface area contributed by atoms with Crippen LogP contribution in [0.15, 0.2) is 53.5 Å². The van der Waals surface area contributed by atoms with Crippen LogP contribution in [0.5, 0.6) is 11.5 Å². The first kappa shape index (κ1) is 26.3. The van der Waals surface area contributed by atoms with E-state index in [4.69, 9.17) is 9.47 Å². The molecule has 1 saturated heterocycles. The Kier molecular flexibility index (Phi) is 11.1. The van der Waals surface area contributed by atoms with Crippen molar-refractivity contribution < 1.29 is 9.47 Å². The first-order valence-corrected chi connectivity index (χ1v) is 11.0. The average molecular weight is 553 g/mol. The number of nitrogens with zero attached hydrogens (tertiary/aromatic N) is 3. The van der Waals surface area contributed by atoms with Gasteiger partial charge in [-0.2, -0.15) is 0 Å². The molecule has 7 heteroatoms. The van der Waals surface area contributed by atoms with Crippen LogP contribution in [0.4, 0.5) is 0 Å². The molecular weight excluding hydrogens is 515 g/mol. The Morgan fingerprint density at radius 2 is 1.75 bits per heavy atom. The van der Waals surface area contributed by atoms with Crippen LogP contribution in [-0.4, -0.2) is 63.7 Å². The average Bonchev–Trinajstić information content (AvgIpc) is 2.81. The zero-order valence-corrected chi connectivity index (χ0v) is 22.0. The molecule has 0 radical (unpaired) electrons. The number of rotatable bonds is 8. The number of ether oxygens (including phenoxy) is 2. The van der Waals surface area contributed by atoms with Gasteiger partial charge in [0.05, 0.1) is 14.2 Å². The number of guanidine groups is 1. The van der Waals surface area contributed by atoms with Gasteiger partial charge in [0, 0.05) is 39.3 Å². The summed E-state index contributed by atoms with van der Waals surface area (Å²) >= 11 is 0. The number of halogens is 1. The molecule has 2 aromatic carbocycles. The highest BCUT2D eigenvalue weighted by Gasteiger charge is 2.20. The molecule has 1 heterocycles. The SMILES string of the molecule is CN=C(NCC1CCN(Cc2ccc(OC)cc2)CC1)N(C)Cc1ccccc1OC.I. The van der Waals surface area contributed by atoms with Crippen molar-refractivity contribution in [1.82, 2.24) is 15.1 Å². The first-order valence-electron chi connectivity index (χ1n) is 11.0. The monoisotopic (exact) mass is 552 g/mol. The molecule has 3 rings (SSSR count). The summed E-state index contributed by atoms with van der Waals surface area (Å²) in [5.41, 5.74) is 2.50. The Bertz CT molecular complexity index is 836. The number of nitrogens with one attached hydrogen (secondary N) is 1. The highest BCUT2D eigenvalue weighted by molar-refractivity contribution is 14.0. The minimum atomic E-state index is 0. The van der Waals surface area contributed by atoms with Crippen LogP contribution in [0.3, 0.4) is 0 Å². The lowest BCUT2D eigenvalue weighted by Gasteiger charge is -2.33. The summed E-state index contributed by atoms with van der Waals surface area (Å²) in [6, 6.07) is 16.5. The fraction of sp³-hybridized carbons (Fsp3) is 0.480. The van der Waals surface area contributed by atoms with E-state index >= 15 is 0 Å². The molecular formula is C25H37IN4O2. The molecule has 1 fully saturated rings. The normalized spacial score (nSPS) is 15.1. The van der Waals surface area contributed by atoms with Crippen LogP contribution in [0.1, 0.15) is 24.0 Å². The van der Waals surface area contributed by atoms with Gasteiger partial charge in [0.1, 0.15) is 11.5 Å². The largest absolute Gasteiger partial charge is 0.497 e. The van der Waals surface area contributed by atoms with Crippen LogP contribution in [-0.2, 0) is 13.1 Å². The number of piperidine rings is 1. The van der Waals surface area contributed by atoms with Crippen LogP contribution >= 0.6 is 24.0 Å². The van der Waals surface area contributed by atoms with Gasteiger partial charge in [-0.05, 0) is 55.6 Å². The number of hydrogen-bond donors (Lipinski definition) is 1. The van der Waals surface area contributed by atoms with Crippen LogP contribution in [0.2, 0.25) is 0 Å². The van der Waals surface area contributed by atoms with Gasteiger partial charge in [-0.3, -0.25) is 9.89 Å². The molecule has 0 atom stereocenters. The maximum atomic E-state index is 5.48. The Labute approximate surface area is 210 Å². The molecule has 0 aromatic heterocycles. The standard InChI is InChI=1S/C25H36N4O2.HI/c1-26-25(28(2)19-22-7-5-6-8-24(22)31-4)27-17-20-13-15-29(16-14-20)18-21-9-11-23(30-3)12-10-21;/h5-12,20H,13-19H2,1-4H3,(H,26,27);1H. The Morgan fingerprint density at radius 3 is 2.38 bits per heavy atom. The molecule has 0 spiro atoms. The van der Waals surface area contributed by atoms with E-state index in [-0.39, 0.29) is 24.0 Å². The molecule has 0 saturated carbocycles. The van der Waals surface area contributed by atoms with Gasteiger partial charge in [0.25, 0.3) is 0 Å². The zero-order chi connectivity index (χ0) is 22.1. The van der Waals surface area contributed by atoms with E-state index in [9.17, 15) is 0 Å². The third-order valence-electron chi connectivity index (χ3n) is 5.99. The maximum Gasteiger partial charge on any atom is 0.193 e. The van der Waals surface area contributed by atoms with Gasteiger partial charge >= 0.3 is 0 Å². The zero-order valence-electron chi connectivity index (χ0n) is 19.7. The van der Waals surface area contributed by atoms with Gasteiger partial charge in [-0.25, -0.2) is 0 Å². The second-order valence-electron chi connectivity index (χ2n) is 8.16. The Hall–Kier alpha value is -2.00. The summed E-state index contributed by atoms with van der Waals surface area (Å²) in [4.78, 5) is 9.17. The molecule has 1 aliphatic rings. The lowest BCUT2D eigenvalue weighted by atomic mass is 9.96. The predicted molar refractivity (Wildman–Crippen MR) is 142 cm³/mol. The number of aliphatic imine (C=N–C) groups is 1.